The summed E-state index contributed by atoms with van der Waals surface area (Å²) in [5.41, 5.74) is 6.10. The molecule has 0 saturated heterocycles. The van der Waals surface area contributed by atoms with Gasteiger partial charge in [0, 0.05) is 31.0 Å². The first-order valence-electron chi connectivity index (χ1n) is 15.7. The molecule has 2 aromatic carbocycles. The van der Waals surface area contributed by atoms with Crippen LogP contribution in [0.2, 0.25) is 0 Å². The van der Waals surface area contributed by atoms with Crippen LogP contribution >= 0.6 is 0 Å². The lowest BCUT2D eigenvalue weighted by Gasteiger charge is -2.13. The third kappa shape index (κ3) is 11.6. The van der Waals surface area contributed by atoms with Crippen molar-refractivity contribution in [3.8, 4) is 22.5 Å². The molecule has 3 rings (SSSR count). The Labute approximate surface area is 238 Å². The van der Waals surface area contributed by atoms with Crippen molar-refractivity contribution in [3.63, 3.8) is 0 Å². The lowest BCUT2D eigenvalue weighted by Crippen LogP contribution is -2.13. The molecule has 0 aliphatic heterocycles. The van der Waals surface area contributed by atoms with Gasteiger partial charge in [-0.1, -0.05) is 127 Å². The number of hydrogen-bond acceptors (Lipinski definition) is 3. The van der Waals surface area contributed by atoms with Crippen molar-refractivity contribution in [3.05, 3.63) is 72.1 Å². The van der Waals surface area contributed by atoms with Crippen molar-refractivity contribution >= 4 is 0 Å². The molecule has 0 fully saturated rings. The summed E-state index contributed by atoms with van der Waals surface area (Å²) < 4.78 is 6.04. The molecule has 1 aromatic heterocycles. The lowest BCUT2D eigenvalue weighted by atomic mass is 10.00. The average Bonchev–Trinajstić information content (AvgIpc) is 2.97. The zero-order valence-corrected chi connectivity index (χ0v) is 25.1. The average molecular weight is 529 g/mol. The van der Waals surface area contributed by atoms with Gasteiger partial charge in [-0.05, 0) is 54.4 Å². The number of aromatic nitrogens is 2. The Morgan fingerprint density at radius 2 is 1.23 bits per heavy atom. The van der Waals surface area contributed by atoms with E-state index in [1.54, 1.807) is 0 Å². The quantitative estimate of drug-likeness (QED) is 0.145. The monoisotopic (exact) mass is 528 g/mol. The van der Waals surface area contributed by atoms with Crippen molar-refractivity contribution in [1.82, 2.24) is 9.97 Å². The summed E-state index contributed by atoms with van der Waals surface area (Å²) in [6.45, 7) is 9.88. The maximum absolute atomic E-state index is 6.04. The van der Waals surface area contributed by atoms with E-state index in [-0.39, 0.29) is 6.10 Å². The number of ether oxygens (including phenoxy) is 1. The lowest BCUT2D eigenvalue weighted by molar-refractivity contribution is 0.0632. The molecule has 0 N–H and O–H groups in total. The number of nitrogens with zero attached hydrogens (tertiary/aromatic N) is 2. The van der Waals surface area contributed by atoms with Gasteiger partial charge in [-0.15, -0.1) is 0 Å². The Bertz CT molecular complexity index is 1030. The standard InChI is InChI=1S/C36H52N2O/c1-5-7-8-9-10-13-16-31-17-19-33(20-18-31)34-21-23-35(24-22-34)36-37-27-32(28-38-36)26-30(4)39-25-14-11-12-15-29(3)6-2/h17-24,27-30H,5-16,25-26H2,1-4H3/t29-,30-/m0/s1. The molecule has 0 spiro atoms. The zero-order valence-electron chi connectivity index (χ0n) is 25.1. The van der Waals surface area contributed by atoms with E-state index >= 15 is 0 Å². The summed E-state index contributed by atoms with van der Waals surface area (Å²) in [5.74, 6) is 1.62. The highest BCUT2D eigenvalue weighted by Gasteiger charge is 2.08. The van der Waals surface area contributed by atoms with Crippen molar-refractivity contribution < 1.29 is 4.74 Å². The van der Waals surface area contributed by atoms with Crippen molar-refractivity contribution in [2.45, 2.75) is 117 Å². The second kappa shape index (κ2) is 17.9. The molecule has 3 heteroatoms. The van der Waals surface area contributed by atoms with Gasteiger partial charge in [0.25, 0.3) is 0 Å². The van der Waals surface area contributed by atoms with Crippen LogP contribution in [0.1, 0.15) is 109 Å². The predicted octanol–water partition coefficient (Wildman–Crippen LogP) is 10.3. The Morgan fingerprint density at radius 1 is 0.641 bits per heavy atom. The van der Waals surface area contributed by atoms with Gasteiger partial charge >= 0.3 is 0 Å². The molecule has 0 bridgehead atoms. The Morgan fingerprint density at radius 3 is 1.90 bits per heavy atom. The molecule has 2 atom stereocenters. The van der Waals surface area contributed by atoms with Gasteiger partial charge in [0.15, 0.2) is 5.82 Å². The number of rotatable bonds is 19. The fraction of sp³-hybridized carbons (Fsp3) is 0.556. The summed E-state index contributed by atoms with van der Waals surface area (Å²) in [6, 6.07) is 17.7. The van der Waals surface area contributed by atoms with Gasteiger partial charge in [0.2, 0.25) is 0 Å². The first-order valence-corrected chi connectivity index (χ1v) is 15.7. The molecule has 39 heavy (non-hydrogen) atoms. The van der Waals surface area contributed by atoms with Crippen LogP contribution in [0.15, 0.2) is 60.9 Å². The van der Waals surface area contributed by atoms with Crippen LogP contribution < -0.4 is 0 Å². The first kappa shape index (κ1) is 31.0. The number of unbranched alkanes of at least 4 members (excludes halogenated alkanes) is 7. The van der Waals surface area contributed by atoms with Crippen LogP contribution in [0.5, 0.6) is 0 Å². The van der Waals surface area contributed by atoms with Gasteiger partial charge < -0.3 is 4.74 Å². The summed E-state index contributed by atoms with van der Waals surface area (Å²) in [7, 11) is 0. The highest BCUT2D eigenvalue weighted by molar-refractivity contribution is 5.67. The first-order chi connectivity index (χ1) is 19.1. The molecule has 0 aliphatic carbocycles. The van der Waals surface area contributed by atoms with E-state index in [9.17, 15) is 0 Å². The van der Waals surface area contributed by atoms with Gasteiger partial charge in [0.05, 0.1) is 6.10 Å². The Balaban J connectivity index is 1.41. The highest BCUT2D eigenvalue weighted by atomic mass is 16.5. The predicted molar refractivity (Wildman–Crippen MR) is 167 cm³/mol. The maximum Gasteiger partial charge on any atom is 0.159 e. The van der Waals surface area contributed by atoms with Gasteiger partial charge in [-0.2, -0.15) is 0 Å². The van der Waals surface area contributed by atoms with Crippen LogP contribution in [-0.4, -0.2) is 22.7 Å². The smallest absolute Gasteiger partial charge is 0.159 e. The minimum Gasteiger partial charge on any atom is -0.378 e. The van der Waals surface area contributed by atoms with Crippen LogP contribution in [-0.2, 0) is 17.6 Å². The van der Waals surface area contributed by atoms with E-state index in [1.807, 2.05) is 12.4 Å². The molecule has 0 aliphatic rings. The van der Waals surface area contributed by atoms with Crippen LogP contribution in [0.3, 0.4) is 0 Å². The molecule has 3 nitrogen and oxygen atoms in total. The molecule has 0 amide bonds. The van der Waals surface area contributed by atoms with Gasteiger partial charge in [-0.3, -0.25) is 0 Å². The third-order valence-electron chi connectivity index (χ3n) is 7.92. The molecule has 0 saturated carbocycles. The summed E-state index contributed by atoms with van der Waals surface area (Å²) in [6.07, 6.45) is 20.5. The summed E-state index contributed by atoms with van der Waals surface area (Å²) in [5, 5.41) is 0. The van der Waals surface area contributed by atoms with E-state index in [2.05, 4.69) is 86.2 Å². The minimum absolute atomic E-state index is 0.186. The minimum atomic E-state index is 0.186. The molecule has 3 aromatic rings. The topological polar surface area (TPSA) is 35.0 Å². The molecule has 0 radical (unpaired) electrons. The summed E-state index contributed by atoms with van der Waals surface area (Å²) in [4.78, 5) is 9.29. The third-order valence-corrected chi connectivity index (χ3v) is 7.92. The Hall–Kier alpha value is -2.52. The van der Waals surface area contributed by atoms with E-state index in [0.29, 0.717) is 0 Å². The fourth-order valence-corrected chi connectivity index (χ4v) is 5.05. The second-order valence-corrected chi connectivity index (χ2v) is 11.5. The largest absolute Gasteiger partial charge is 0.378 e. The van der Waals surface area contributed by atoms with Gasteiger partial charge in [0.1, 0.15) is 0 Å². The summed E-state index contributed by atoms with van der Waals surface area (Å²) >= 11 is 0. The van der Waals surface area contributed by atoms with E-state index < -0.39 is 0 Å². The van der Waals surface area contributed by atoms with E-state index in [1.165, 1.54) is 87.3 Å². The fourth-order valence-electron chi connectivity index (χ4n) is 5.05. The molecule has 0 unspecified atom stereocenters. The van der Waals surface area contributed by atoms with Crippen LogP contribution in [0, 0.1) is 5.92 Å². The number of benzene rings is 2. The SMILES string of the molecule is CCCCCCCCc1ccc(-c2ccc(-c3ncc(C[C@H](C)OCCCCC[C@@H](C)CC)cn3)cc2)cc1. The normalized spacial score (nSPS) is 12.9. The Kier molecular flexibility index (Phi) is 14.3. The van der Waals surface area contributed by atoms with E-state index in [4.69, 9.17) is 4.74 Å². The molecular weight excluding hydrogens is 476 g/mol. The maximum atomic E-state index is 6.04. The van der Waals surface area contributed by atoms with Crippen molar-refractivity contribution in [2.75, 3.05) is 6.61 Å². The van der Waals surface area contributed by atoms with Gasteiger partial charge in [-0.25, -0.2) is 9.97 Å². The number of aryl methyl sites for hydroxylation is 1. The van der Waals surface area contributed by atoms with E-state index in [0.717, 1.165) is 42.3 Å². The second-order valence-electron chi connectivity index (χ2n) is 11.5. The highest BCUT2D eigenvalue weighted by Crippen LogP contribution is 2.24. The van der Waals surface area contributed by atoms with Crippen LogP contribution in [0.25, 0.3) is 22.5 Å². The molecule has 1 heterocycles. The van der Waals surface area contributed by atoms with Crippen LogP contribution in [0.4, 0.5) is 0 Å². The zero-order chi connectivity index (χ0) is 27.7. The molecule has 212 valence electrons. The van der Waals surface area contributed by atoms with Crippen molar-refractivity contribution in [1.29, 1.82) is 0 Å². The van der Waals surface area contributed by atoms with Crippen molar-refractivity contribution in [2.24, 2.45) is 5.92 Å². The number of hydrogen-bond donors (Lipinski definition) is 0. The molecular formula is C36H52N2O.